The molecule has 2 heteroatoms. The Morgan fingerprint density at radius 2 is 2.06 bits per heavy atom. The molecule has 92 valence electrons. The van der Waals surface area contributed by atoms with E-state index in [2.05, 4.69) is 41.4 Å². The van der Waals surface area contributed by atoms with E-state index in [4.69, 9.17) is 0 Å². The van der Waals surface area contributed by atoms with Gasteiger partial charge in [-0.3, -0.25) is 4.90 Å². The molecule has 0 radical (unpaired) electrons. The van der Waals surface area contributed by atoms with Gasteiger partial charge in [0.05, 0.1) is 0 Å². The highest BCUT2D eigenvalue weighted by molar-refractivity contribution is 5.35. The van der Waals surface area contributed by atoms with Crippen molar-refractivity contribution < 1.29 is 0 Å². The van der Waals surface area contributed by atoms with E-state index in [1.807, 2.05) is 0 Å². The molecular weight excluding hydrogens is 208 g/mol. The minimum Gasteiger partial charge on any atom is -0.309 e. The van der Waals surface area contributed by atoms with Gasteiger partial charge in [0.1, 0.15) is 0 Å². The van der Waals surface area contributed by atoms with E-state index in [1.165, 1.54) is 37.9 Å². The van der Waals surface area contributed by atoms with Gasteiger partial charge in [-0.25, -0.2) is 0 Å². The van der Waals surface area contributed by atoms with Gasteiger partial charge in [0, 0.05) is 18.6 Å². The van der Waals surface area contributed by atoms with E-state index in [0.717, 1.165) is 6.54 Å². The molecular formula is C15H22N2. The van der Waals surface area contributed by atoms with Crippen molar-refractivity contribution in [2.45, 2.75) is 38.3 Å². The number of fused-ring (bicyclic) bond motifs is 3. The average Bonchev–Trinajstić information content (AvgIpc) is 2.39. The van der Waals surface area contributed by atoms with Crippen LogP contribution in [0.2, 0.25) is 0 Å². The smallest absolute Gasteiger partial charge is 0.0452 e. The summed E-state index contributed by atoms with van der Waals surface area (Å²) in [6, 6.07) is 10.2. The Hall–Kier alpha value is -0.860. The molecule has 2 nitrogen and oxygen atoms in total. The van der Waals surface area contributed by atoms with Gasteiger partial charge >= 0.3 is 0 Å². The fourth-order valence-corrected chi connectivity index (χ4v) is 3.45. The Balaban J connectivity index is 1.96. The van der Waals surface area contributed by atoms with E-state index in [9.17, 15) is 0 Å². The molecule has 1 fully saturated rings. The third-order valence-corrected chi connectivity index (χ3v) is 4.21. The molecule has 1 aromatic carbocycles. The zero-order valence-corrected chi connectivity index (χ0v) is 10.7. The summed E-state index contributed by atoms with van der Waals surface area (Å²) < 4.78 is 0. The highest BCUT2D eigenvalue weighted by Gasteiger charge is 2.33. The maximum Gasteiger partial charge on any atom is 0.0452 e. The lowest BCUT2D eigenvalue weighted by molar-refractivity contribution is 0.117. The number of nitrogens with one attached hydrogen (secondary N) is 1. The van der Waals surface area contributed by atoms with Crippen molar-refractivity contribution in [1.29, 1.82) is 0 Å². The Bertz CT molecular complexity index is 388. The second-order valence-electron chi connectivity index (χ2n) is 5.25. The summed E-state index contributed by atoms with van der Waals surface area (Å²) in [5.41, 5.74) is 3.11. The fraction of sp³-hybridized carbons (Fsp3) is 0.600. The van der Waals surface area contributed by atoms with Gasteiger partial charge in [-0.2, -0.15) is 0 Å². The van der Waals surface area contributed by atoms with Crippen LogP contribution in [0.15, 0.2) is 24.3 Å². The Morgan fingerprint density at radius 1 is 1.24 bits per heavy atom. The largest absolute Gasteiger partial charge is 0.309 e. The predicted molar refractivity (Wildman–Crippen MR) is 71.0 cm³/mol. The highest BCUT2D eigenvalue weighted by atomic mass is 15.2. The summed E-state index contributed by atoms with van der Waals surface area (Å²) in [6.07, 6.45) is 4.11. The van der Waals surface area contributed by atoms with Crippen LogP contribution in [0.4, 0.5) is 0 Å². The zero-order chi connectivity index (χ0) is 11.7. The van der Waals surface area contributed by atoms with Gasteiger partial charge in [0.25, 0.3) is 0 Å². The molecule has 1 N–H and O–H groups in total. The van der Waals surface area contributed by atoms with Crippen molar-refractivity contribution in [3.8, 4) is 0 Å². The van der Waals surface area contributed by atoms with Crippen molar-refractivity contribution >= 4 is 0 Å². The molecule has 0 spiro atoms. The number of nitrogens with zero attached hydrogens (tertiary/aromatic N) is 1. The maximum atomic E-state index is 3.63. The van der Waals surface area contributed by atoms with Crippen molar-refractivity contribution in [1.82, 2.24) is 10.2 Å². The molecule has 2 atom stereocenters. The first-order valence-corrected chi connectivity index (χ1v) is 6.96. The Morgan fingerprint density at radius 3 is 2.88 bits per heavy atom. The molecule has 0 bridgehead atoms. The SMILES string of the molecule is CCNC1CN2CCCCC2c2ccccc21. The maximum absolute atomic E-state index is 3.63. The number of rotatable bonds is 2. The van der Waals surface area contributed by atoms with E-state index < -0.39 is 0 Å². The van der Waals surface area contributed by atoms with E-state index in [-0.39, 0.29) is 0 Å². The second-order valence-corrected chi connectivity index (χ2v) is 5.25. The summed E-state index contributed by atoms with van der Waals surface area (Å²) in [6.45, 7) is 5.72. The lowest BCUT2D eigenvalue weighted by Crippen LogP contribution is -2.44. The Labute approximate surface area is 104 Å². The zero-order valence-electron chi connectivity index (χ0n) is 10.7. The quantitative estimate of drug-likeness (QED) is 0.840. The predicted octanol–water partition coefficient (Wildman–Crippen LogP) is 2.88. The normalized spacial score (nSPS) is 28.5. The van der Waals surface area contributed by atoms with Crippen molar-refractivity contribution in [2.75, 3.05) is 19.6 Å². The molecule has 2 heterocycles. The summed E-state index contributed by atoms with van der Waals surface area (Å²) in [7, 11) is 0. The lowest BCUT2D eigenvalue weighted by Gasteiger charge is -2.44. The topological polar surface area (TPSA) is 15.3 Å². The van der Waals surface area contributed by atoms with E-state index >= 15 is 0 Å². The highest BCUT2D eigenvalue weighted by Crippen LogP contribution is 2.39. The van der Waals surface area contributed by atoms with Gasteiger partial charge in [-0.05, 0) is 37.1 Å². The molecule has 0 aliphatic carbocycles. The second kappa shape index (κ2) is 4.79. The van der Waals surface area contributed by atoms with Crippen LogP contribution in [-0.2, 0) is 0 Å². The van der Waals surface area contributed by atoms with Crippen LogP contribution in [0.1, 0.15) is 49.4 Å². The van der Waals surface area contributed by atoms with Gasteiger partial charge in [0.2, 0.25) is 0 Å². The summed E-state index contributed by atoms with van der Waals surface area (Å²) in [5.74, 6) is 0. The van der Waals surface area contributed by atoms with Crippen LogP contribution >= 0.6 is 0 Å². The molecule has 0 amide bonds. The van der Waals surface area contributed by atoms with Crippen LogP contribution in [0, 0.1) is 0 Å². The van der Waals surface area contributed by atoms with Crippen LogP contribution in [0.5, 0.6) is 0 Å². The van der Waals surface area contributed by atoms with Gasteiger partial charge in [-0.1, -0.05) is 37.6 Å². The van der Waals surface area contributed by atoms with Crippen LogP contribution in [-0.4, -0.2) is 24.5 Å². The monoisotopic (exact) mass is 230 g/mol. The number of benzene rings is 1. The summed E-state index contributed by atoms with van der Waals surface area (Å²) in [5, 5.41) is 3.63. The number of likely N-dealkylation sites (N-methyl/N-ethyl adjacent to an activating group) is 1. The first kappa shape index (κ1) is 11.2. The first-order chi connectivity index (χ1) is 8.40. The molecule has 0 aromatic heterocycles. The van der Waals surface area contributed by atoms with Crippen molar-refractivity contribution in [2.24, 2.45) is 0 Å². The van der Waals surface area contributed by atoms with Crippen molar-refractivity contribution in [3.63, 3.8) is 0 Å². The van der Waals surface area contributed by atoms with Crippen LogP contribution in [0.3, 0.4) is 0 Å². The molecule has 3 rings (SSSR count). The third kappa shape index (κ3) is 2.00. The number of hydrogen-bond donors (Lipinski definition) is 1. The molecule has 1 saturated heterocycles. The molecule has 2 aliphatic rings. The standard InChI is InChI=1S/C15H22N2/c1-2-16-14-11-17-10-6-5-9-15(17)13-8-4-3-7-12(13)14/h3-4,7-8,14-16H,2,5-6,9-11H2,1H3. The molecule has 1 aromatic rings. The fourth-order valence-electron chi connectivity index (χ4n) is 3.45. The molecule has 2 aliphatic heterocycles. The van der Waals surface area contributed by atoms with Crippen LogP contribution < -0.4 is 5.32 Å². The van der Waals surface area contributed by atoms with Gasteiger partial charge in [-0.15, -0.1) is 0 Å². The average molecular weight is 230 g/mol. The number of hydrogen-bond acceptors (Lipinski definition) is 2. The lowest BCUT2D eigenvalue weighted by atomic mass is 9.85. The van der Waals surface area contributed by atoms with E-state index in [1.54, 1.807) is 5.56 Å². The third-order valence-electron chi connectivity index (χ3n) is 4.21. The first-order valence-electron chi connectivity index (χ1n) is 6.96. The molecule has 2 unspecified atom stereocenters. The minimum atomic E-state index is 0.533. The summed E-state index contributed by atoms with van der Waals surface area (Å²) in [4.78, 5) is 2.68. The minimum absolute atomic E-state index is 0.533. The van der Waals surface area contributed by atoms with Gasteiger partial charge < -0.3 is 5.32 Å². The molecule has 0 saturated carbocycles. The molecule has 17 heavy (non-hydrogen) atoms. The van der Waals surface area contributed by atoms with Crippen LogP contribution in [0.25, 0.3) is 0 Å². The Kier molecular flexibility index (Phi) is 3.17. The van der Waals surface area contributed by atoms with Gasteiger partial charge in [0.15, 0.2) is 0 Å². The number of piperidine rings is 1. The van der Waals surface area contributed by atoms with Crippen molar-refractivity contribution in [3.05, 3.63) is 35.4 Å². The summed E-state index contributed by atoms with van der Waals surface area (Å²) >= 11 is 0. The van der Waals surface area contributed by atoms with E-state index in [0.29, 0.717) is 12.1 Å².